The molecule has 0 saturated carbocycles. The van der Waals surface area contributed by atoms with Crippen LogP contribution in [0.3, 0.4) is 0 Å². The Morgan fingerprint density at radius 1 is 1.44 bits per heavy atom. The number of carboxylic acids is 1. The Labute approximate surface area is 109 Å². The number of hydrogen-bond donors (Lipinski definition) is 2. The van der Waals surface area contributed by atoms with Crippen LogP contribution in [-0.2, 0) is 6.54 Å². The van der Waals surface area contributed by atoms with E-state index in [-0.39, 0.29) is 0 Å². The summed E-state index contributed by atoms with van der Waals surface area (Å²) in [5.74, 6) is -0.882. The second-order valence-corrected chi connectivity index (χ2v) is 4.35. The van der Waals surface area contributed by atoms with Crippen LogP contribution >= 0.6 is 0 Å². The molecule has 18 heavy (non-hydrogen) atoms. The first-order valence-electron chi connectivity index (χ1n) is 6.33. The van der Waals surface area contributed by atoms with Gasteiger partial charge in [0.2, 0.25) is 0 Å². The van der Waals surface area contributed by atoms with Gasteiger partial charge in [-0.1, -0.05) is 25.1 Å². The highest BCUT2D eigenvalue weighted by atomic mass is 16.4. The lowest BCUT2D eigenvalue weighted by molar-refractivity contribution is 0.0697. The van der Waals surface area contributed by atoms with E-state index in [1.54, 1.807) is 12.1 Å². The molecule has 1 rings (SSSR count). The first kappa shape index (κ1) is 14.5. The molecule has 0 aliphatic carbocycles. The summed E-state index contributed by atoms with van der Waals surface area (Å²) in [5, 5.41) is 12.3. The average Bonchev–Trinajstić information content (AvgIpc) is 2.39. The van der Waals surface area contributed by atoms with Crippen LogP contribution in [0.2, 0.25) is 0 Å². The number of nitrogens with one attached hydrogen (secondary N) is 1. The van der Waals surface area contributed by atoms with Crippen LogP contribution < -0.4 is 5.32 Å². The molecule has 0 fully saturated rings. The summed E-state index contributed by atoms with van der Waals surface area (Å²) in [5.41, 5.74) is 1.44. The minimum absolute atomic E-state index is 0.331. The zero-order valence-corrected chi connectivity index (χ0v) is 10.9. The van der Waals surface area contributed by atoms with Crippen molar-refractivity contribution in [1.82, 2.24) is 5.32 Å². The van der Waals surface area contributed by atoms with Crippen LogP contribution in [0.15, 0.2) is 36.9 Å². The largest absolute Gasteiger partial charge is 0.478 e. The Balaban J connectivity index is 2.46. The summed E-state index contributed by atoms with van der Waals surface area (Å²) in [4.78, 5) is 10.7. The van der Waals surface area contributed by atoms with Gasteiger partial charge in [-0.15, -0.1) is 6.58 Å². The van der Waals surface area contributed by atoms with E-state index in [0.29, 0.717) is 11.6 Å². The van der Waals surface area contributed by atoms with Crippen molar-refractivity contribution in [3.63, 3.8) is 0 Å². The van der Waals surface area contributed by atoms with Crippen molar-refractivity contribution in [2.24, 2.45) is 0 Å². The topological polar surface area (TPSA) is 49.3 Å². The molecule has 0 amide bonds. The molecule has 0 bridgehead atoms. The van der Waals surface area contributed by atoms with Crippen LogP contribution in [0.5, 0.6) is 0 Å². The molecule has 98 valence electrons. The molecule has 0 spiro atoms. The monoisotopic (exact) mass is 247 g/mol. The number of aromatic carboxylic acids is 1. The number of hydrogen-bond acceptors (Lipinski definition) is 2. The summed E-state index contributed by atoms with van der Waals surface area (Å²) < 4.78 is 0. The van der Waals surface area contributed by atoms with Crippen LogP contribution in [0, 0.1) is 0 Å². The summed E-state index contributed by atoms with van der Waals surface area (Å²) in [6.45, 7) is 6.66. The molecule has 0 aliphatic rings. The van der Waals surface area contributed by atoms with E-state index in [0.717, 1.165) is 31.4 Å². The molecule has 0 aliphatic heterocycles. The fourth-order valence-corrected chi connectivity index (χ4v) is 1.80. The number of allylic oxidation sites excluding steroid dienone is 1. The average molecular weight is 247 g/mol. The molecule has 3 heteroatoms. The molecule has 2 N–H and O–H groups in total. The number of carbonyl (C=O) groups is 1. The Bertz CT molecular complexity index is 384. The zero-order chi connectivity index (χ0) is 13.4. The SMILES string of the molecule is C=CCCC(CC)NCc1ccc(C(=O)O)cc1. The Kier molecular flexibility index (Phi) is 6.15. The molecule has 0 radical (unpaired) electrons. The first-order valence-corrected chi connectivity index (χ1v) is 6.33. The molecule has 3 nitrogen and oxygen atoms in total. The molecule has 0 aromatic heterocycles. The van der Waals surface area contributed by atoms with Gasteiger partial charge in [-0.05, 0) is 37.0 Å². The highest BCUT2D eigenvalue weighted by molar-refractivity contribution is 5.87. The fourth-order valence-electron chi connectivity index (χ4n) is 1.80. The summed E-state index contributed by atoms with van der Waals surface area (Å²) in [6, 6.07) is 7.49. The Morgan fingerprint density at radius 3 is 2.61 bits per heavy atom. The molecule has 0 heterocycles. The normalized spacial score (nSPS) is 12.1. The van der Waals surface area contributed by atoms with Crippen LogP contribution in [0.1, 0.15) is 42.1 Å². The molecule has 1 aromatic carbocycles. The maximum absolute atomic E-state index is 10.7. The van der Waals surface area contributed by atoms with Crippen molar-refractivity contribution < 1.29 is 9.90 Å². The quantitative estimate of drug-likeness (QED) is 0.693. The number of benzene rings is 1. The Morgan fingerprint density at radius 2 is 2.11 bits per heavy atom. The lowest BCUT2D eigenvalue weighted by Gasteiger charge is -2.16. The van der Waals surface area contributed by atoms with Gasteiger partial charge in [0.25, 0.3) is 0 Å². The molecular weight excluding hydrogens is 226 g/mol. The van der Waals surface area contributed by atoms with Crippen molar-refractivity contribution in [2.75, 3.05) is 0 Å². The number of rotatable bonds is 8. The molecule has 0 saturated heterocycles. The minimum atomic E-state index is -0.882. The van der Waals surface area contributed by atoms with E-state index in [1.165, 1.54) is 0 Å². The summed E-state index contributed by atoms with van der Waals surface area (Å²) in [7, 11) is 0. The smallest absolute Gasteiger partial charge is 0.335 e. The summed E-state index contributed by atoms with van der Waals surface area (Å²) >= 11 is 0. The molecular formula is C15H21NO2. The van der Waals surface area contributed by atoms with Gasteiger partial charge in [0.15, 0.2) is 0 Å². The molecule has 1 atom stereocenters. The van der Waals surface area contributed by atoms with Gasteiger partial charge in [0.1, 0.15) is 0 Å². The molecule has 1 unspecified atom stereocenters. The minimum Gasteiger partial charge on any atom is -0.478 e. The van der Waals surface area contributed by atoms with E-state index in [1.807, 2.05) is 18.2 Å². The highest BCUT2D eigenvalue weighted by Gasteiger charge is 2.05. The van der Waals surface area contributed by atoms with Gasteiger partial charge in [0.05, 0.1) is 5.56 Å². The number of carboxylic acid groups (broad SMARTS) is 1. The predicted molar refractivity (Wildman–Crippen MR) is 73.8 cm³/mol. The predicted octanol–water partition coefficient (Wildman–Crippen LogP) is 3.22. The molecule has 1 aromatic rings. The third kappa shape index (κ3) is 4.72. The van der Waals surface area contributed by atoms with E-state index in [4.69, 9.17) is 5.11 Å². The van der Waals surface area contributed by atoms with Crippen molar-refractivity contribution >= 4 is 5.97 Å². The second kappa shape index (κ2) is 7.67. The van der Waals surface area contributed by atoms with Crippen molar-refractivity contribution in [3.05, 3.63) is 48.0 Å². The van der Waals surface area contributed by atoms with Crippen LogP contribution in [-0.4, -0.2) is 17.1 Å². The third-order valence-corrected chi connectivity index (χ3v) is 3.01. The van der Waals surface area contributed by atoms with Crippen molar-refractivity contribution in [1.29, 1.82) is 0 Å². The Hall–Kier alpha value is -1.61. The van der Waals surface area contributed by atoms with Crippen molar-refractivity contribution in [3.8, 4) is 0 Å². The maximum Gasteiger partial charge on any atom is 0.335 e. The van der Waals surface area contributed by atoms with Gasteiger partial charge < -0.3 is 10.4 Å². The van der Waals surface area contributed by atoms with Crippen molar-refractivity contribution in [2.45, 2.75) is 38.8 Å². The second-order valence-electron chi connectivity index (χ2n) is 4.35. The fraction of sp³-hybridized carbons (Fsp3) is 0.400. The lowest BCUT2D eigenvalue weighted by atomic mass is 10.1. The maximum atomic E-state index is 10.7. The standard InChI is InChI=1S/C15H21NO2/c1-3-5-6-14(4-2)16-11-12-7-9-13(10-8-12)15(17)18/h3,7-10,14,16H,1,4-6,11H2,2H3,(H,17,18). The first-order chi connectivity index (χ1) is 8.67. The summed E-state index contributed by atoms with van der Waals surface area (Å²) in [6.07, 6.45) is 5.13. The van der Waals surface area contributed by atoms with Gasteiger partial charge in [-0.25, -0.2) is 4.79 Å². The third-order valence-electron chi connectivity index (χ3n) is 3.01. The van der Waals surface area contributed by atoms with E-state index < -0.39 is 5.97 Å². The van der Waals surface area contributed by atoms with Gasteiger partial charge >= 0.3 is 5.97 Å². The van der Waals surface area contributed by atoms with Gasteiger partial charge in [-0.2, -0.15) is 0 Å². The van der Waals surface area contributed by atoms with E-state index in [9.17, 15) is 4.79 Å². The van der Waals surface area contributed by atoms with E-state index >= 15 is 0 Å². The van der Waals surface area contributed by atoms with Gasteiger partial charge in [0, 0.05) is 12.6 Å². The zero-order valence-electron chi connectivity index (χ0n) is 10.9. The lowest BCUT2D eigenvalue weighted by Crippen LogP contribution is -2.27. The van der Waals surface area contributed by atoms with Crippen LogP contribution in [0.25, 0.3) is 0 Å². The van der Waals surface area contributed by atoms with E-state index in [2.05, 4.69) is 18.8 Å². The van der Waals surface area contributed by atoms with Crippen LogP contribution in [0.4, 0.5) is 0 Å². The van der Waals surface area contributed by atoms with Gasteiger partial charge in [-0.3, -0.25) is 0 Å². The highest BCUT2D eigenvalue weighted by Crippen LogP contribution is 2.07.